The molecule has 0 amide bonds. The molecule has 0 aliphatic carbocycles. The number of fused-ring (bicyclic) bond motifs is 1. The van der Waals surface area contributed by atoms with Gasteiger partial charge in [0.25, 0.3) is 0 Å². The van der Waals surface area contributed by atoms with Gasteiger partial charge in [0.05, 0.1) is 16.3 Å². The van der Waals surface area contributed by atoms with E-state index >= 15 is 0 Å². The molecule has 3 aromatic carbocycles. The Bertz CT molecular complexity index is 1130. The van der Waals surface area contributed by atoms with E-state index in [9.17, 15) is 4.79 Å². The lowest BCUT2D eigenvalue weighted by Crippen LogP contribution is -2.29. The van der Waals surface area contributed by atoms with Gasteiger partial charge in [-0.3, -0.25) is 0 Å². The van der Waals surface area contributed by atoms with E-state index in [0.717, 1.165) is 5.56 Å². The molecule has 0 saturated carbocycles. The Hall–Kier alpha value is -3.20. The van der Waals surface area contributed by atoms with E-state index in [1.54, 1.807) is 6.07 Å². The predicted molar refractivity (Wildman–Crippen MR) is 108 cm³/mol. The summed E-state index contributed by atoms with van der Waals surface area (Å²) in [7, 11) is 0. The van der Waals surface area contributed by atoms with Crippen LogP contribution in [-0.4, -0.2) is 4.98 Å². The topological polar surface area (TPSA) is 43.1 Å². The second-order valence-electron chi connectivity index (χ2n) is 7.18. The molecule has 0 radical (unpaired) electrons. The molecule has 3 heteroatoms. The quantitative estimate of drug-likeness (QED) is 0.515. The molecule has 1 aromatic heterocycles. The van der Waals surface area contributed by atoms with Crippen molar-refractivity contribution >= 4 is 10.9 Å². The maximum absolute atomic E-state index is 12.6. The van der Waals surface area contributed by atoms with Gasteiger partial charge in [0, 0.05) is 0 Å². The van der Waals surface area contributed by atoms with Crippen molar-refractivity contribution in [3.8, 4) is 0 Å². The zero-order valence-corrected chi connectivity index (χ0v) is 15.5. The standard InChI is InChI=1S/C24H21NO2/c1-17-12-14-18(15-13-17)16-24(2,19-8-4-3-5-9-19)23-25-21-11-7-6-10-20(21)22(26)27-23/h3-15H,16H2,1-2H3. The SMILES string of the molecule is Cc1ccc(CC(C)(c2ccccc2)c2nc3ccccc3c(=O)o2)cc1. The zero-order valence-electron chi connectivity index (χ0n) is 15.5. The van der Waals surface area contributed by atoms with Gasteiger partial charge in [0.1, 0.15) is 0 Å². The Balaban J connectivity index is 1.90. The monoisotopic (exact) mass is 355 g/mol. The van der Waals surface area contributed by atoms with Crippen molar-refractivity contribution < 1.29 is 4.42 Å². The second kappa shape index (κ2) is 6.84. The molecule has 0 aliphatic rings. The van der Waals surface area contributed by atoms with E-state index in [4.69, 9.17) is 9.40 Å². The molecule has 1 unspecified atom stereocenters. The van der Waals surface area contributed by atoms with Crippen LogP contribution in [0.15, 0.2) is 88.1 Å². The van der Waals surface area contributed by atoms with Gasteiger partial charge in [-0.25, -0.2) is 9.78 Å². The predicted octanol–water partition coefficient (Wildman–Crippen LogP) is 5.05. The Morgan fingerprint density at radius 1 is 0.889 bits per heavy atom. The van der Waals surface area contributed by atoms with Crippen LogP contribution >= 0.6 is 0 Å². The molecule has 0 aliphatic heterocycles. The Morgan fingerprint density at radius 3 is 2.30 bits per heavy atom. The van der Waals surface area contributed by atoms with Gasteiger partial charge in [-0.1, -0.05) is 72.3 Å². The van der Waals surface area contributed by atoms with Gasteiger partial charge < -0.3 is 4.42 Å². The number of benzene rings is 3. The van der Waals surface area contributed by atoms with Gasteiger partial charge in [0.2, 0.25) is 5.89 Å². The van der Waals surface area contributed by atoms with Crippen molar-refractivity contribution in [2.24, 2.45) is 0 Å². The third-order valence-corrected chi connectivity index (χ3v) is 5.10. The summed E-state index contributed by atoms with van der Waals surface area (Å²) in [4.78, 5) is 17.3. The fourth-order valence-electron chi connectivity index (χ4n) is 3.48. The summed E-state index contributed by atoms with van der Waals surface area (Å²) in [6, 6.07) is 25.9. The van der Waals surface area contributed by atoms with E-state index in [1.165, 1.54) is 11.1 Å². The molecule has 4 rings (SSSR count). The first-order valence-electron chi connectivity index (χ1n) is 9.08. The van der Waals surface area contributed by atoms with Crippen molar-refractivity contribution in [3.63, 3.8) is 0 Å². The molecule has 134 valence electrons. The fourth-order valence-corrected chi connectivity index (χ4v) is 3.48. The summed E-state index contributed by atoms with van der Waals surface area (Å²) in [5.74, 6) is 0.443. The fraction of sp³-hybridized carbons (Fsp3) is 0.167. The van der Waals surface area contributed by atoms with Crippen LogP contribution in [0.4, 0.5) is 0 Å². The van der Waals surface area contributed by atoms with Crippen molar-refractivity contribution in [2.75, 3.05) is 0 Å². The minimum atomic E-state index is -0.556. The van der Waals surface area contributed by atoms with Gasteiger partial charge in [0.15, 0.2) is 0 Å². The summed E-state index contributed by atoms with van der Waals surface area (Å²) in [6.07, 6.45) is 0.686. The molecule has 1 atom stereocenters. The lowest BCUT2D eigenvalue weighted by Gasteiger charge is -2.28. The molecule has 4 aromatic rings. The normalized spacial score (nSPS) is 13.4. The minimum absolute atomic E-state index is 0.346. The lowest BCUT2D eigenvalue weighted by atomic mass is 9.77. The molecule has 3 nitrogen and oxygen atoms in total. The van der Waals surface area contributed by atoms with Gasteiger partial charge >= 0.3 is 5.63 Å². The van der Waals surface area contributed by atoms with Gasteiger partial charge in [-0.05, 0) is 43.5 Å². The smallest absolute Gasteiger partial charge is 0.346 e. The number of rotatable bonds is 4. The Morgan fingerprint density at radius 2 is 1.56 bits per heavy atom. The highest BCUT2D eigenvalue weighted by molar-refractivity contribution is 5.76. The maximum Gasteiger partial charge on any atom is 0.346 e. The highest BCUT2D eigenvalue weighted by atomic mass is 16.4. The Kier molecular flexibility index (Phi) is 4.36. The molecular weight excluding hydrogens is 334 g/mol. The zero-order chi connectivity index (χ0) is 18.9. The van der Waals surface area contributed by atoms with Crippen LogP contribution in [0.1, 0.15) is 29.5 Å². The molecule has 1 heterocycles. The molecule has 0 N–H and O–H groups in total. The first-order valence-corrected chi connectivity index (χ1v) is 9.08. The van der Waals surface area contributed by atoms with E-state index in [0.29, 0.717) is 23.2 Å². The van der Waals surface area contributed by atoms with Crippen LogP contribution in [0.5, 0.6) is 0 Å². The summed E-state index contributed by atoms with van der Waals surface area (Å²) in [5.41, 5.74) is 3.22. The van der Waals surface area contributed by atoms with Crippen LogP contribution in [-0.2, 0) is 11.8 Å². The molecule has 0 bridgehead atoms. The summed E-state index contributed by atoms with van der Waals surface area (Å²) in [6.45, 7) is 4.16. The second-order valence-corrected chi connectivity index (χ2v) is 7.18. The van der Waals surface area contributed by atoms with E-state index < -0.39 is 5.41 Å². The Labute approximate surface area is 158 Å². The molecule has 0 spiro atoms. The van der Waals surface area contributed by atoms with Crippen LogP contribution in [0.2, 0.25) is 0 Å². The van der Waals surface area contributed by atoms with Crippen molar-refractivity contribution in [3.05, 3.63) is 112 Å². The number of aryl methyl sites for hydroxylation is 1. The maximum atomic E-state index is 12.6. The van der Waals surface area contributed by atoms with Crippen LogP contribution < -0.4 is 5.63 Å². The van der Waals surface area contributed by atoms with Gasteiger partial charge in [-0.15, -0.1) is 0 Å². The van der Waals surface area contributed by atoms with Crippen LogP contribution in [0, 0.1) is 6.92 Å². The lowest BCUT2D eigenvalue weighted by molar-refractivity contribution is 0.357. The number of para-hydroxylation sites is 1. The van der Waals surface area contributed by atoms with Crippen molar-refractivity contribution in [2.45, 2.75) is 25.7 Å². The van der Waals surface area contributed by atoms with Crippen LogP contribution in [0.3, 0.4) is 0 Å². The highest BCUT2D eigenvalue weighted by Crippen LogP contribution is 2.34. The van der Waals surface area contributed by atoms with E-state index in [-0.39, 0.29) is 5.63 Å². The average Bonchev–Trinajstić information content (AvgIpc) is 2.70. The highest BCUT2D eigenvalue weighted by Gasteiger charge is 2.34. The van der Waals surface area contributed by atoms with Crippen LogP contribution in [0.25, 0.3) is 10.9 Å². The molecule has 0 fully saturated rings. The third kappa shape index (κ3) is 3.28. The van der Waals surface area contributed by atoms with Crippen molar-refractivity contribution in [1.29, 1.82) is 0 Å². The van der Waals surface area contributed by atoms with E-state index in [1.807, 2.05) is 36.4 Å². The van der Waals surface area contributed by atoms with Crippen molar-refractivity contribution in [1.82, 2.24) is 4.98 Å². The number of aromatic nitrogens is 1. The minimum Gasteiger partial charge on any atom is -0.407 e. The summed E-state index contributed by atoms with van der Waals surface area (Å²) in [5, 5.41) is 0.506. The first-order chi connectivity index (χ1) is 13.1. The average molecular weight is 355 g/mol. The largest absolute Gasteiger partial charge is 0.407 e. The number of hydrogen-bond donors (Lipinski definition) is 0. The first kappa shape index (κ1) is 17.2. The third-order valence-electron chi connectivity index (χ3n) is 5.10. The molecule has 0 saturated heterocycles. The summed E-state index contributed by atoms with van der Waals surface area (Å²) >= 11 is 0. The number of nitrogens with zero attached hydrogens (tertiary/aromatic N) is 1. The number of hydrogen-bond acceptors (Lipinski definition) is 3. The molecule has 27 heavy (non-hydrogen) atoms. The van der Waals surface area contributed by atoms with Gasteiger partial charge in [-0.2, -0.15) is 0 Å². The summed E-state index contributed by atoms with van der Waals surface area (Å²) < 4.78 is 5.74. The van der Waals surface area contributed by atoms with E-state index in [2.05, 4.69) is 50.2 Å². The molecular formula is C24H21NO2.